The van der Waals surface area contributed by atoms with Crippen molar-refractivity contribution < 1.29 is 13.5 Å². The van der Waals surface area contributed by atoms with Crippen LogP contribution < -0.4 is 10.5 Å². The van der Waals surface area contributed by atoms with Gasteiger partial charge in [0.2, 0.25) is 0 Å². The van der Waals surface area contributed by atoms with E-state index in [2.05, 4.69) is 15.9 Å². The lowest BCUT2D eigenvalue weighted by Gasteiger charge is -2.11. The van der Waals surface area contributed by atoms with Gasteiger partial charge in [0.15, 0.2) is 17.4 Å². The van der Waals surface area contributed by atoms with Crippen molar-refractivity contribution in [2.24, 2.45) is 5.73 Å². The molecular formula is C14H11BrClF2NO. The van der Waals surface area contributed by atoms with Gasteiger partial charge in [0.05, 0.1) is 0 Å². The van der Waals surface area contributed by atoms with Crippen molar-refractivity contribution in [3.63, 3.8) is 0 Å². The van der Waals surface area contributed by atoms with Crippen molar-refractivity contribution >= 4 is 27.5 Å². The summed E-state index contributed by atoms with van der Waals surface area (Å²) in [6.07, 6.45) is 0. The van der Waals surface area contributed by atoms with Crippen LogP contribution in [0.15, 0.2) is 34.8 Å². The molecule has 20 heavy (non-hydrogen) atoms. The predicted molar refractivity (Wildman–Crippen MR) is 77.7 cm³/mol. The monoisotopic (exact) mass is 361 g/mol. The number of ether oxygens (including phenoxy) is 1. The fourth-order valence-electron chi connectivity index (χ4n) is 1.66. The molecule has 6 heteroatoms. The van der Waals surface area contributed by atoms with Crippen LogP contribution in [0.1, 0.15) is 11.1 Å². The maximum atomic E-state index is 13.7. The maximum absolute atomic E-state index is 13.7. The van der Waals surface area contributed by atoms with Crippen LogP contribution in [-0.2, 0) is 13.2 Å². The van der Waals surface area contributed by atoms with Crippen LogP contribution in [0, 0.1) is 11.6 Å². The highest BCUT2D eigenvalue weighted by atomic mass is 79.9. The molecule has 0 aliphatic rings. The second-order valence-electron chi connectivity index (χ2n) is 4.12. The van der Waals surface area contributed by atoms with Crippen LogP contribution >= 0.6 is 27.5 Å². The zero-order valence-electron chi connectivity index (χ0n) is 10.3. The standard InChI is InChI=1S/C14H11BrClF2NO/c15-10-2-1-9(11(16)5-10)7-20-14-12(17)3-8(6-19)4-13(14)18/h1-5H,6-7,19H2. The summed E-state index contributed by atoms with van der Waals surface area (Å²) < 4.78 is 33.4. The Labute approximate surface area is 128 Å². The Morgan fingerprint density at radius 3 is 2.35 bits per heavy atom. The molecule has 0 saturated heterocycles. The van der Waals surface area contributed by atoms with Crippen LogP contribution in [-0.4, -0.2) is 0 Å². The number of halogens is 4. The zero-order chi connectivity index (χ0) is 14.7. The number of hydrogen-bond acceptors (Lipinski definition) is 2. The summed E-state index contributed by atoms with van der Waals surface area (Å²) in [6.45, 7) is 0.0363. The van der Waals surface area contributed by atoms with Gasteiger partial charge in [-0.15, -0.1) is 0 Å². The highest BCUT2D eigenvalue weighted by Crippen LogP contribution is 2.26. The summed E-state index contributed by atoms with van der Waals surface area (Å²) in [5, 5.41) is 0.457. The summed E-state index contributed by atoms with van der Waals surface area (Å²) in [7, 11) is 0. The van der Waals surface area contributed by atoms with E-state index in [4.69, 9.17) is 22.1 Å². The first-order valence-corrected chi connectivity index (χ1v) is 6.93. The molecule has 106 valence electrons. The molecule has 2 aromatic carbocycles. The third kappa shape index (κ3) is 3.48. The lowest BCUT2D eigenvalue weighted by atomic mass is 10.2. The number of benzene rings is 2. The van der Waals surface area contributed by atoms with E-state index in [9.17, 15) is 8.78 Å². The van der Waals surface area contributed by atoms with E-state index in [1.54, 1.807) is 18.2 Å². The predicted octanol–water partition coefficient (Wildman–Crippen LogP) is 4.42. The second kappa shape index (κ2) is 6.52. The van der Waals surface area contributed by atoms with Crippen molar-refractivity contribution in [1.29, 1.82) is 0 Å². The first kappa shape index (κ1) is 15.2. The Morgan fingerprint density at radius 1 is 1.15 bits per heavy atom. The Kier molecular flexibility index (Phi) is 4.96. The van der Waals surface area contributed by atoms with E-state index < -0.39 is 17.4 Å². The van der Waals surface area contributed by atoms with Crippen molar-refractivity contribution in [2.45, 2.75) is 13.2 Å². The van der Waals surface area contributed by atoms with Gasteiger partial charge in [-0.3, -0.25) is 0 Å². The SMILES string of the molecule is NCc1cc(F)c(OCc2ccc(Br)cc2Cl)c(F)c1. The lowest BCUT2D eigenvalue weighted by molar-refractivity contribution is 0.274. The topological polar surface area (TPSA) is 35.2 Å². The Bertz CT molecular complexity index is 614. The normalized spacial score (nSPS) is 10.7. The summed E-state index contributed by atoms with van der Waals surface area (Å²) in [5.41, 5.74) is 6.35. The van der Waals surface area contributed by atoms with Gasteiger partial charge in [-0.1, -0.05) is 33.6 Å². The average Bonchev–Trinajstić information content (AvgIpc) is 2.39. The van der Waals surface area contributed by atoms with Crippen LogP contribution in [0.4, 0.5) is 8.78 Å². The molecule has 0 fully saturated rings. The molecule has 0 aliphatic heterocycles. The van der Waals surface area contributed by atoms with E-state index in [0.29, 0.717) is 16.1 Å². The molecule has 0 aromatic heterocycles. The average molecular weight is 363 g/mol. The lowest BCUT2D eigenvalue weighted by Crippen LogP contribution is -2.03. The maximum Gasteiger partial charge on any atom is 0.191 e. The van der Waals surface area contributed by atoms with Gasteiger partial charge in [0, 0.05) is 21.6 Å². The minimum absolute atomic E-state index is 0.0259. The molecule has 2 N–H and O–H groups in total. The van der Waals surface area contributed by atoms with Crippen LogP contribution in [0.2, 0.25) is 5.02 Å². The molecule has 0 radical (unpaired) electrons. The number of rotatable bonds is 4. The number of nitrogens with two attached hydrogens (primary N) is 1. The molecule has 0 atom stereocenters. The van der Waals surface area contributed by atoms with E-state index >= 15 is 0 Å². The van der Waals surface area contributed by atoms with Crippen molar-refractivity contribution in [3.05, 3.63) is 62.6 Å². The Morgan fingerprint density at radius 2 is 1.80 bits per heavy atom. The molecular weight excluding hydrogens is 352 g/mol. The van der Waals surface area contributed by atoms with E-state index in [1.807, 2.05) is 0 Å². The Hall–Kier alpha value is -1.17. The quantitative estimate of drug-likeness (QED) is 0.874. The van der Waals surface area contributed by atoms with Gasteiger partial charge in [-0.2, -0.15) is 0 Å². The molecule has 2 rings (SSSR count). The minimum atomic E-state index is -0.779. The molecule has 0 bridgehead atoms. The number of hydrogen-bond donors (Lipinski definition) is 1. The first-order chi connectivity index (χ1) is 9.51. The summed E-state index contributed by atoms with van der Waals surface area (Å²) in [5.74, 6) is -1.99. The van der Waals surface area contributed by atoms with Gasteiger partial charge in [-0.05, 0) is 29.8 Å². The van der Waals surface area contributed by atoms with E-state index in [0.717, 1.165) is 16.6 Å². The smallest absolute Gasteiger partial charge is 0.191 e. The summed E-state index contributed by atoms with van der Waals surface area (Å²) in [6, 6.07) is 7.49. The second-order valence-corrected chi connectivity index (χ2v) is 5.44. The zero-order valence-corrected chi connectivity index (χ0v) is 12.6. The van der Waals surface area contributed by atoms with Gasteiger partial charge in [-0.25, -0.2) is 8.78 Å². The van der Waals surface area contributed by atoms with Crippen LogP contribution in [0.25, 0.3) is 0 Å². The van der Waals surface area contributed by atoms with Gasteiger partial charge in [0.1, 0.15) is 6.61 Å². The van der Waals surface area contributed by atoms with Crippen LogP contribution in [0.3, 0.4) is 0 Å². The van der Waals surface area contributed by atoms with Crippen LogP contribution in [0.5, 0.6) is 5.75 Å². The van der Waals surface area contributed by atoms with E-state index in [-0.39, 0.29) is 13.2 Å². The molecule has 0 aliphatic carbocycles. The summed E-state index contributed by atoms with van der Waals surface area (Å²) in [4.78, 5) is 0. The fraction of sp³-hybridized carbons (Fsp3) is 0.143. The molecule has 0 amide bonds. The summed E-state index contributed by atoms with van der Waals surface area (Å²) >= 11 is 9.28. The highest BCUT2D eigenvalue weighted by Gasteiger charge is 2.13. The Balaban J connectivity index is 2.19. The fourth-order valence-corrected chi connectivity index (χ4v) is 2.38. The molecule has 2 nitrogen and oxygen atoms in total. The largest absolute Gasteiger partial charge is 0.483 e. The third-order valence-electron chi connectivity index (χ3n) is 2.68. The minimum Gasteiger partial charge on any atom is -0.483 e. The molecule has 2 aromatic rings. The molecule has 0 spiro atoms. The molecule has 0 unspecified atom stereocenters. The van der Waals surface area contributed by atoms with Crippen molar-refractivity contribution in [2.75, 3.05) is 0 Å². The highest BCUT2D eigenvalue weighted by molar-refractivity contribution is 9.10. The van der Waals surface area contributed by atoms with Crippen molar-refractivity contribution in [1.82, 2.24) is 0 Å². The third-order valence-corrected chi connectivity index (χ3v) is 3.53. The van der Waals surface area contributed by atoms with Gasteiger partial charge in [0.25, 0.3) is 0 Å². The molecule has 0 saturated carbocycles. The van der Waals surface area contributed by atoms with Gasteiger partial charge < -0.3 is 10.5 Å². The van der Waals surface area contributed by atoms with Crippen molar-refractivity contribution in [3.8, 4) is 5.75 Å². The van der Waals surface area contributed by atoms with Gasteiger partial charge >= 0.3 is 0 Å². The van der Waals surface area contributed by atoms with E-state index in [1.165, 1.54) is 0 Å². The first-order valence-electron chi connectivity index (χ1n) is 5.76. The molecule has 0 heterocycles.